The zero-order valence-electron chi connectivity index (χ0n) is 10.0. The van der Waals surface area contributed by atoms with Gasteiger partial charge in [-0.05, 0) is 25.7 Å². The molecule has 0 aromatic heterocycles. The predicted molar refractivity (Wildman–Crippen MR) is 60.6 cm³/mol. The largest absolute Gasteiger partial charge is 0.346 e. The summed E-state index contributed by atoms with van der Waals surface area (Å²) < 4.78 is 12.0. The molecule has 0 spiro atoms. The predicted octanol–water partition coefficient (Wildman–Crippen LogP) is 3.27. The van der Waals surface area contributed by atoms with Gasteiger partial charge >= 0.3 is 0 Å². The van der Waals surface area contributed by atoms with E-state index in [0.29, 0.717) is 12.2 Å². The quantitative estimate of drug-likeness (QED) is 0.571. The van der Waals surface area contributed by atoms with Crippen molar-refractivity contribution in [3.05, 3.63) is 12.2 Å². The third kappa shape index (κ3) is 2.61. The molecule has 15 heavy (non-hydrogen) atoms. The summed E-state index contributed by atoms with van der Waals surface area (Å²) >= 11 is 0. The number of ether oxygens (including phenoxy) is 2. The third-order valence-electron chi connectivity index (χ3n) is 3.12. The van der Waals surface area contributed by atoms with Crippen molar-refractivity contribution in [2.45, 2.75) is 65.0 Å². The third-order valence-corrected chi connectivity index (χ3v) is 3.12. The Labute approximate surface area is 92.6 Å². The molecule has 2 atom stereocenters. The molecule has 86 valence electrons. The Morgan fingerprint density at radius 3 is 1.80 bits per heavy atom. The second kappa shape index (κ2) is 4.26. The van der Waals surface area contributed by atoms with Crippen molar-refractivity contribution in [3.63, 3.8) is 0 Å². The maximum atomic E-state index is 6.01. The monoisotopic (exact) mass is 210 g/mol. The molecule has 0 aromatic rings. The summed E-state index contributed by atoms with van der Waals surface area (Å²) in [5.41, 5.74) is 0.0917. The lowest BCUT2D eigenvalue weighted by Crippen LogP contribution is -2.27. The highest BCUT2D eigenvalue weighted by atomic mass is 16.7. The van der Waals surface area contributed by atoms with Crippen LogP contribution >= 0.6 is 0 Å². The average molecular weight is 210 g/mol. The summed E-state index contributed by atoms with van der Waals surface area (Å²) in [5, 5.41) is 0. The van der Waals surface area contributed by atoms with Gasteiger partial charge in [0.1, 0.15) is 0 Å². The van der Waals surface area contributed by atoms with Crippen molar-refractivity contribution in [2.24, 2.45) is 5.41 Å². The van der Waals surface area contributed by atoms with Crippen LogP contribution in [0.25, 0.3) is 0 Å². The van der Waals surface area contributed by atoms with E-state index in [1.807, 2.05) is 0 Å². The van der Waals surface area contributed by atoms with E-state index in [0.717, 1.165) is 25.7 Å². The lowest BCUT2D eigenvalue weighted by Gasteiger charge is -2.25. The van der Waals surface area contributed by atoms with Crippen LogP contribution in [0.15, 0.2) is 12.2 Å². The normalized spacial score (nSPS) is 39.3. The SMILES string of the molecule is CC(C)(C)C1OC2CC/C=C/CCC2O1. The number of allylic oxidation sites excluding steroid dienone is 2. The van der Waals surface area contributed by atoms with Gasteiger partial charge in [0.15, 0.2) is 6.29 Å². The Balaban J connectivity index is 2.00. The zero-order valence-corrected chi connectivity index (χ0v) is 10.0. The van der Waals surface area contributed by atoms with E-state index in [-0.39, 0.29) is 11.7 Å². The molecule has 0 saturated carbocycles. The zero-order chi connectivity index (χ0) is 10.9. The van der Waals surface area contributed by atoms with Crippen molar-refractivity contribution >= 4 is 0 Å². The van der Waals surface area contributed by atoms with Crippen LogP contribution in [-0.4, -0.2) is 18.5 Å². The highest BCUT2D eigenvalue weighted by Gasteiger charge is 2.40. The molecule has 2 aliphatic rings. The van der Waals surface area contributed by atoms with Gasteiger partial charge in [-0.3, -0.25) is 0 Å². The van der Waals surface area contributed by atoms with Crippen LogP contribution in [0, 0.1) is 5.41 Å². The molecule has 0 N–H and O–H groups in total. The molecule has 2 nitrogen and oxygen atoms in total. The minimum atomic E-state index is -0.0226. The first kappa shape index (κ1) is 11.2. The van der Waals surface area contributed by atoms with Crippen LogP contribution < -0.4 is 0 Å². The first-order chi connectivity index (χ1) is 7.07. The molecule has 1 aliphatic heterocycles. The van der Waals surface area contributed by atoms with Crippen LogP contribution in [-0.2, 0) is 9.47 Å². The number of hydrogen-bond acceptors (Lipinski definition) is 2. The average Bonchev–Trinajstić information content (AvgIpc) is 2.46. The van der Waals surface area contributed by atoms with Crippen LogP contribution in [0.4, 0.5) is 0 Å². The van der Waals surface area contributed by atoms with E-state index in [4.69, 9.17) is 9.47 Å². The van der Waals surface area contributed by atoms with Crippen molar-refractivity contribution in [2.75, 3.05) is 0 Å². The molecule has 0 radical (unpaired) electrons. The number of hydrogen-bond donors (Lipinski definition) is 0. The number of fused-ring (bicyclic) bond motifs is 1. The summed E-state index contributed by atoms with van der Waals surface area (Å²) in [7, 11) is 0. The van der Waals surface area contributed by atoms with E-state index in [1.54, 1.807) is 0 Å². The maximum absolute atomic E-state index is 6.01. The van der Waals surface area contributed by atoms with Gasteiger partial charge in [0.05, 0.1) is 12.2 Å². The first-order valence-corrected chi connectivity index (χ1v) is 6.03. The van der Waals surface area contributed by atoms with Gasteiger partial charge < -0.3 is 9.47 Å². The van der Waals surface area contributed by atoms with Gasteiger partial charge in [-0.15, -0.1) is 0 Å². The molecule has 1 aliphatic carbocycles. The van der Waals surface area contributed by atoms with Gasteiger partial charge in [-0.1, -0.05) is 32.9 Å². The Morgan fingerprint density at radius 1 is 0.933 bits per heavy atom. The van der Waals surface area contributed by atoms with E-state index < -0.39 is 0 Å². The second-order valence-electron chi connectivity index (χ2n) is 5.67. The Morgan fingerprint density at radius 2 is 1.40 bits per heavy atom. The van der Waals surface area contributed by atoms with Crippen molar-refractivity contribution in [1.82, 2.24) is 0 Å². The topological polar surface area (TPSA) is 18.5 Å². The molecule has 0 bridgehead atoms. The minimum Gasteiger partial charge on any atom is -0.346 e. The van der Waals surface area contributed by atoms with Crippen molar-refractivity contribution in [3.8, 4) is 0 Å². The fraction of sp³-hybridized carbons (Fsp3) is 0.846. The van der Waals surface area contributed by atoms with Gasteiger partial charge in [-0.25, -0.2) is 0 Å². The molecular formula is C13H22O2. The summed E-state index contributed by atoms with van der Waals surface area (Å²) in [6, 6.07) is 0. The lowest BCUT2D eigenvalue weighted by molar-refractivity contribution is -0.132. The highest BCUT2D eigenvalue weighted by molar-refractivity contribution is 4.91. The fourth-order valence-electron chi connectivity index (χ4n) is 2.20. The molecule has 0 aromatic carbocycles. The standard InChI is InChI=1S/C13H22O2/c1-13(2,3)12-14-10-8-6-4-5-7-9-11(10)15-12/h4-5,10-12H,6-9H2,1-3H3/b5-4+. The van der Waals surface area contributed by atoms with Gasteiger partial charge in [0.25, 0.3) is 0 Å². The van der Waals surface area contributed by atoms with E-state index in [9.17, 15) is 0 Å². The molecule has 1 saturated heterocycles. The minimum absolute atomic E-state index is 0.0226. The molecule has 0 amide bonds. The molecular weight excluding hydrogens is 188 g/mol. The molecule has 2 rings (SSSR count). The Hall–Kier alpha value is -0.340. The molecule has 1 heterocycles. The molecule has 2 heteroatoms. The Kier molecular flexibility index (Phi) is 3.17. The van der Waals surface area contributed by atoms with Gasteiger partial charge in [0.2, 0.25) is 0 Å². The molecule has 2 unspecified atom stereocenters. The Bertz CT molecular complexity index is 221. The summed E-state index contributed by atoms with van der Waals surface area (Å²) in [6.07, 6.45) is 9.61. The van der Waals surface area contributed by atoms with Crippen LogP contribution in [0.2, 0.25) is 0 Å². The van der Waals surface area contributed by atoms with E-state index >= 15 is 0 Å². The lowest BCUT2D eigenvalue weighted by atomic mass is 9.96. The maximum Gasteiger partial charge on any atom is 0.163 e. The van der Waals surface area contributed by atoms with Crippen LogP contribution in [0.5, 0.6) is 0 Å². The molecule has 1 fully saturated rings. The van der Waals surface area contributed by atoms with Gasteiger partial charge in [-0.2, -0.15) is 0 Å². The summed E-state index contributed by atoms with van der Waals surface area (Å²) in [4.78, 5) is 0. The van der Waals surface area contributed by atoms with Crippen LogP contribution in [0.1, 0.15) is 46.5 Å². The van der Waals surface area contributed by atoms with Crippen LogP contribution in [0.3, 0.4) is 0 Å². The van der Waals surface area contributed by atoms with Crippen molar-refractivity contribution < 1.29 is 9.47 Å². The van der Waals surface area contributed by atoms with E-state index in [1.165, 1.54) is 0 Å². The number of rotatable bonds is 0. The summed E-state index contributed by atoms with van der Waals surface area (Å²) in [6.45, 7) is 6.53. The van der Waals surface area contributed by atoms with E-state index in [2.05, 4.69) is 32.9 Å². The van der Waals surface area contributed by atoms with Gasteiger partial charge in [0, 0.05) is 5.41 Å². The van der Waals surface area contributed by atoms with Crippen molar-refractivity contribution in [1.29, 1.82) is 0 Å². The smallest absolute Gasteiger partial charge is 0.163 e. The fourth-order valence-corrected chi connectivity index (χ4v) is 2.20. The second-order valence-corrected chi connectivity index (χ2v) is 5.67. The highest BCUT2D eigenvalue weighted by Crippen LogP contribution is 2.35. The summed E-state index contributed by atoms with van der Waals surface area (Å²) in [5.74, 6) is 0. The first-order valence-electron chi connectivity index (χ1n) is 6.03.